The molecule has 0 spiro atoms. The van der Waals surface area contributed by atoms with Crippen LogP contribution in [0, 0.1) is 0 Å². The molecular formula is C20H21F3N2O2. The Morgan fingerprint density at radius 1 is 0.963 bits per heavy atom. The first-order chi connectivity index (χ1) is 12.8. The zero-order valence-corrected chi connectivity index (χ0v) is 14.7. The topological polar surface area (TPSA) is 43.8 Å². The molecule has 0 atom stereocenters. The van der Waals surface area contributed by atoms with Crippen LogP contribution in [0.15, 0.2) is 48.5 Å². The molecule has 0 aromatic heterocycles. The van der Waals surface area contributed by atoms with Gasteiger partial charge in [0.15, 0.2) is 0 Å². The van der Waals surface area contributed by atoms with Gasteiger partial charge in [-0.1, -0.05) is 30.3 Å². The lowest BCUT2D eigenvalue weighted by molar-refractivity contribution is -0.137. The summed E-state index contributed by atoms with van der Waals surface area (Å²) in [4.78, 5) is 16.2. The van der Waals surface area contributed by atoms with Crippen molar-refractivity contribution in [2.75, 3.05) is 26.2 Å². The maximum atomic E-state index is 12.8. The summed E-state index contributed by atoms with van der Waals surface area (Å²) >= 11 is 0. The number of nitrogens with zero attached hydrogens (tertiary/aromatic N) is 2. The van der Waals surface area contributed by atoms with E-state index >= 15 is 0 Å². The number of hydrogen-bond donors (Lipinski definition) is 1. The number of piperazine rings is 1. The van der Waals surface area contributed by atoms with Crippen molar-refractivity contribution < 1.29 is 23.1 Å². The average molecular weight is 378 g/mol. The standard InChI is InChI=1S/C20H21F3N2O2/c21-20(22,23)17-3-1-2-16(12-17)14-24-8-10-25(11-9-24)19(27)13-15-4-6-18(26)7-5-15/h1-7,12,26H,8-11,13-14H2. The van der Waals surface area contributed by atoms with Gasteiger partial charge in [-0.05, 0) is 29.3 Å². The van der Waals surface area contributed by atoms with Crippen molar-refractivity contribution in [1.82, 2.24) is 9.80 Å². The van der Waals surface area contributed by atoms with Crippen LogP contribution in [0.25, 0.3) is 0 Å². The van der Waals surface area contributed by atoms with Crippen LogP contribution in [0.4, 0.5) is 13.2 Å². The molecule has 1 aliphatic heterocycles. The highest BCUT2D eigenvalue weighted by Gasteiger charge is 2.30. The fourth-order valence-corrected chi connectivity index (χ4v) is 3.16. The molecule has 1 heterocycles. The maximum absolute atomic E-state index is 12.8. The SMILES string of the molecule is O=C(Cc1ccc(O)cc1)N1CCN(Cc2cccc(C(F)(F)F)c2)CC1. The lowest BCUT2D eigenvalue weighted by atomic mass is 10.1. The fourth-order valence-electron chi connectivity index (χ4n) is 3.16. The summed E-state index contributed by atoms with van der Waals surface area (Å²) < 4.78 is 38.4. The number of benzene rings is 2. The molecule has 7 heteroatoms. The molecule has 1 saturated heterocycles. The number of carbonyl (C=O) groups excluding carboxylic acids is 1. The number of hydrogen-bond acceptors (Lipinski definition) is 3. The highest BCUT2D eigenvalue weighted by Crippen LogP contribution is 2.29. The Bertz CT molecular complexity index is 783. The molecule has 2 aromatic rings. The molecule has 1 amide bonds. The molecule has 27 heavy (non-hydrogen) atoms. The zero-order chi connectivity index (χ0) is 19.4. The van der Waals surface area contributed by atoms with Gasteiger partial charge in [0.25, 0.3) is 0 Å². The van der Waals surface area contributed by atoms with Gasteiger partial charge >= 0.3 is 6.18 Å². The van der Waals surface area contributed by atoms with Gasteiger partial charge < -0.3 is 10.0 Å². The molecule has 4 nitrogen and oxygen atoms in total. The van der Waals surface area contributed by atoms with Gasteiger partial charge in [-0.25, -0.2) is 0 Å². The van der Waals surface area contributed by atoms with E-state index in [2.05, 4.69) is 4.90 Å². The van der Waals surface area contributed by atoms with Crippen molar-refractivity contribution in [2.45, 2.75) is 19.1 Å². The minimum atomic E-state index is -4.34. The molecule has 3 rings (SSSR count). The Kier molecular flexibility index (Phi) is 5.70. The smallest absolute Gasteiger partial charge is 0.416 e. The van der Waals surface area contributed by atoms with Gasteiger partial charge in [0, 0.05) is 32.7 Å². The van der Waals surface area contributed by atoms with E-state index in [1.54, 1.807) is 35.2 Å². The van der Waals surface area contributed by atoms with Gasteiger partial charge in [-0.2, -0.15) is 13.2 Å². The summed E-state index contributed by atoms with van der Waals surface area (Å²) in [6.45, 7) is 2.78. The third-order valence-electron chi connectivity index (χ3n) is 4.68. The van der Waals surface area contributed by atoms with E-state index in [0.29, 0.717) is 38.3 Å². The van der Waals surface area contributed by atoms with Crippen molar-refractivity contribution in [3.63, 3.8) is 0 Å². The largest absolute Gasteiger partial charge is 0.508 e. The van der Waals surface area contributed by atoms with Gasteiger partial charge in [-0.3, -0.25) is 9.69 Å². The highest BCUT2D eigenvalue weighted by atomic mass is 19.4. The summed E-state index contributed by atoms with van der Waals surface area (Å²) in [7, 11) is 0. The number of phenols is 1. The van der Waals surface area contributed by atoms with Crippen LogP contribution in [-0.2, 0) is 23.9 Å². The monoisotopic (exact) mass is 378 g/mol. The minimum Gasteiger partial charge on any atom is -0.508 e. The summed E-state index contributed by atoms with van der Waals surface area (Å²) in [5.74, 6) is 0.175. The number of rotatable bonds is 4. The summed E-state index contributed by atoms with van der Waals surface area (Å²) in [6.07, 6.45) is -4.07. The number of aromatic hydroxyl groups is 1. The summed E-state index contributed by atoms with van der Waals surface area (Å²) in [5, 5.41) is 9.29. The molecule has 0 radical (unpaired) electrons. The van der Waals surface area contributed by atoms with Crippen molar-refractivity contribution in [3.8, 4) is 5.75 Å². The Labute approximate surface area is 155 Å². The number of carbonyl (C=O) groups is 1. The first-order valence-corrected chi connectivity index (χ1v) is 8.75. The molecule has 144 valence electrons. The Morgan fingerprint density at radius 3 is 2.26 bits per heavy atom. The third-order valence-corrected chi connectivity index (χ3v) is 4.68. The third kappa shape index (κ3) is 5.23. The van der Waals surface area contributed by atoms with Gasteiger partial charge in [0.2, 0.25) is 5.91 Å². The van der Waals surface area contributed by atoms with Crippen molar-refractivity contribution in [2.24, 2.45) is 0 Å². The van der Waals surface area contributed by atoms with Crippen LogP contribution < -0.4 is 0 Å². The molecule has 1 fully saturated rings. The average Bonchev–Trinajstić information content (AvgIpc) is 2.64. The Balaban J connectivity index is 1.51. The predicted octanol–water partition coefficient (Wildman–Crippen LogP) is 3.30. The molecule has 0 unspecified atom stereocenters. The second kappa shape index (κ2) is 8.00. The van der Waals surface area contributed by atoms with Gasteiger partial charge in [0.05, 0.1) is 12.0 Å². The van der Waals surface area contributed by atoms with Gasteiger partial charge in [0.1, 0.15) is 5.75 Å². The lowest BCUT2D eigenvalue weighted by Gasteiger charge is -2.35. The van der Waals surface area contributed by atoms with E-state index in [-0.39, 0.29) is 18.1 Å². The van der Waals surface area contributed by atoms with Crippen LogP contribution in [0.5, 0.6) is 5.75 Å². The highest BCUT2D eigenvalue weighted by molar-refractivity contribution is 5.78. The minimum absolute atomic E-state index is 0.0133. The van der Waals surface area contributed by atoms with E-state index in [1.165, 1.54) is 12.1 Å². The van der Waals surface area contributed by atoms with Crippen LogP contribution in [-0.4, -0.2) is 47.0 Å². The van der Waals surface area contributed by atoms with Crippen molar-refractivity contribution in [1.29, 1.82) is 0 Å². The zero-order valence-electron chi connectivity index (χ0n) is 14.7. The lowest BCUT2D eigenvalue weighted by Crippen LogP contribution is -2.48. The summed E-state index contributed by atoms with van der Waals surface area (Å²) in [5.41, 5.74) is 0.820. The Morgan fingerprint density at radius 2 is 1.63 bits per heavy atom. The Hall–Kier alpha value is -2.54. The van der Waals surface area contributed by atoms with E-state index in [1.807, 2.05) is 0 Å². The quantitative estimate of drug-likeness (QED) is 0.888. The van der Waals surface area contributed by atoms with E-state index in [0.717, 1.165) is 11.6 Å². The second-order valence-electron chi connectivity index (χ2n) is 6.70. The van der Waals surface area contributed by atoms with E-state index in [9.17, 15) is 23.1 Å². The second-order valence-corrected chi connectivity index (χ2v) is 6.70. The number of phenolic OH excluding ortho intramolecular Hbond substituents is 1. The molecule has 2 aromatic carbocycles. The molecular weight excluding hydrogens is 357 g/mol. The van der Waals surface area contributed by atoms with Crippen LogP contribution in [0.2, 0.25) is 0 Å². The summed E-state index contributed by atoms with van der Waals surface area (Å²) in [6, 6.07) is 11.9. The normalized spacial score (nSPS) is 15.7. The first-order valence-electron chi connectivity index (χ1n) is 8.75. The number of halogens is 3. The molecule has 1 N–H and O–H groups in total. The van der Waals surface area contributed by atoms with Crippen LogP contribution in [0.3, 0.4) is 0 Å². The molecule has 1 aliphatic rings. The molecule has 0 saturated carbocycles. The maximum Gasteiger partial charge on any atom is 0.416 e. The van der Waals surface area contributed by atoms with Crippen molar-refractivity contribution >= 4 is 5.91 Å². The van der Waals surface area contributed by atoms with Gasteiger partial charge in [-0.15, -0.1) is 0 Å². The van der Waals surface area contributed by atoms with Crippen LogP contribution >= 0.6 is 0 Å². The first kappa shape index (κ1) is 19.2. The van der Waals surface area contributed by atoms with E-state index < -0.39 is 11.7 Å². The van der Waals surface area contributed by atoms with Crippen molar-refractivity contribution in [3.05, 3.63) is 65.2 Å². The predicted molar refractivity (Wildman–Crippen MR) is 95.1 cm³/mol. The molecule has 0 aliphatic carbocycles. The number of alkyl halides is 3. The van der Waals surface area contributed by atoms with Crippen LogP contribution in [0.1, 0.15) is 16.7 Å². The van der Waals surface area contributed by atoms with E-state index in [4.69, 9.17) is 0 Å². The number of amides is 1. The molecule has 0 bridgehead atoms. The fraction of sp³-hybridized carbons (Fsp3) is 0.350.